The van der Waals surface area contributed by atoms with Crippen LogP contribution in [0.2, 0.25) is 0 Å². The van der Waals surface area contributed by atoms with Gasteiger partial charge in [0.2, 0.25) is 0 Å². The van der Waals surface area contributed by atoms with Gasteiger partial charge < -0.3 is 0 Å². The van der Waals surface area contributed by atoms with Crippen molar-refractivity contribution in [2.75, 3.05) is 0 Å². The highest BCUT2D eigenvalue weighted by Gasteiger charge is 2.21. The van der Waals surface area contributed by atoms with Gasteiger partial charge in [0, 0.05) is 44.3 Å². The molecule has 53 heavy (non-hydrogen) atoms. The van der Waals surface area contributed by atoms with Crippen LogP contribution in [0.25, 0.3) is 94.9 Å². The van der Waals surface area contributed by atoms with Crippen LogP contribution in [-0.2, 0) is 0 Å². The third kappa shape index (κ3) is 5.43. The summed E-state index contributed by atoms with van der Waals surface area (Å²) in [7, 11) is 0. The average molecular weight is 678 g/mol. The van der Waals surface area contributed by atoms with Gasteiger partial charge >= 0.3 is 0 Å². The van der Waals surface area contributed by atoms with Crippen LogP contribution in [0, 0.1) is 0 Å². The van der Waals surface area contributed by atoms with E-state index in [2.05, 4.69) is 138 Å². The predicted molar refractivity (Wildman–Crippen MR) is 217 cm³/mol. The van der Waals surface area contributed by atoms with Crippen molar-refractivity contribution in [2.45, 2.75) is 0 Å². The molecule has 0 spiro atoms. The highest BCUT2D eigenvalue weighted by atomic mass is 15.1. The highest BCUT2D eigenvalue weighted by molar-refractivity contribution is 6.20. The molecule has 7 aromatic carbocycles. The third-order valence-electron chi connectivity index (χ3n) is 9.82. The zero-order valence-electron chi connectivity index (χ0n) is 28.6. The third-order valence-corrected chi connectivity index (χ3v) is 9.82. The smallest absolute Gasteiger partial charge is 0.160 e. The summed E-state index contributed by atoms with van der Waals surface area (Å²) < 4.78 is 2.26. The maximum absolute atomic E-state index is 5.43. The standard InChI is InChI=1S/C48H31N5/c1-5-15-32(16-6-1)41-31-42(51-47(50-41)35-17-7-2-8-18-35)33-25-27-34(28-26-33)45-44-39(38-23-13-14-24-40(38)49-45)29-30-43-46(44)52-48(36-19-9-3-10-20-36)53(43)37-21-11-4-12-22-37/h1-31H. The van der Waals surface area contributed by atoms with Crippen LogP contribution in [0.1, 0.15) is 0 Å². The molecule has 0 unspecified atom stereocenters. The first-order chi connectivity index (χ1) is 26.3. The van der Waals surface area contributed by atoms with Crippen molar-refractivity contribution >= 4 is 32.7 Å². The van der Waals surface area contributed by atoms with Crippen molar-refractivity contribution in [3.63, 3.8) is 0 Å². The predicted octanol–water partition coefficient (Wildman–Crippen LogP) is 11.9. The molecule has 3 heterocycles. The SMILES string of the molecule is c1ccc(-c2cc(-c3ccc(-c4nc5ccccc5c5ccc6c(nc(-c7ccccc7)n6-c6ccccc6)c45)cc3)nc(-c3ccccc3)n2)cc1. The van der Waals surface area contributed by atoms with E-state index in [4.69, 9.17) is 19.9 Å². The molecular weight excluding hydrogens is 647 g/mol. The minimum atomic E-state index is 0.693. The van der Waals surface area contributed by atoms with Crippen molar-refractivity contribution in [3.05, 3.63) is 188 Å². The number of para-hydroxylation sites is 2. The molecule has 0 amide bonds. The van der Waals surface area contributed by atoms with Crippen LogP contribution in [0.5, 0.6) is 0 Å². The lowest BCUT2D eigenvalue weighted by Gasteiger charge is -2.13. The fourth-order valence-corrected chi connectivity index (χ4v) is 7.28. The van der Waals surface area contributed by atoms with E-state index in [0.717, 1.165) is 89.1 Å². The Bertz CT molecular complexity index is 2850. The monoisotopic (exact) mass is 677 g/mol. The van der Waals surface area contributed by atoms with Crippen molar-refractivity contribution in [1.82, 2.24) is 24.5 Å². The van der Waals surface area contributed by atoms with E-state index in [1.807, 2.05) is 54.6 Å². The number of nitrogens with zero attached hydrogens (tertiary/aromatic N) is 5. The molecule has 0 fully saturated rings. The fraction of sp³-hybridized carbons (Fsp3) is 0. The lowest BCUT2D eigenvalue weighted by molar-refractivity contribution is 1.10. The van der Waals surface area contributed by atoms with Crippen LogP contribution in [-0.4, -0.2) is 24.5 Å². The Kier molecular flexibility index (Phi) is 7.40. The first-order valence-electron chi connectivity index (χ1n) is 17.7. The molecule has 0 radical (unpaired) electrons. The molecule has 0 saturated heterocycles. The zero-order valence-corrected chi connectivity index (χ0v) is 28.6. The van der Waals surface area contributed by atoms with E-state index in [9.17, 15) is 0 Å². The second-order valence-corrected chi connectivity index (χ2v) is 13.1. The Hall–Kier alpha value is -7.24. The summed E-state index contributed by atoms with van der Waals surface area (Å²) in [5.41, 5.74) is 11.7. The summed E-state index contributed by atoms with van der Waals surface area (Å²) in [5, 5.41) is 3.25. The van der Waals surface area contributed by atoms with Gasteiger partial charge in [-0.25, -0.2) is 19.9 Å². The Morgan fingerprint density at radius 1 is 0.377 bits per heavy atom. The highest BCUT2D eigenvalue weighted by Crippen LogP contribution is 2.40. The first-order valence-corrected chi connectivity index (χ1v) is 17.7. The minimum Gasteiger partial charge on any atom is -0.292 e. The Morgan fingerprint density at radius 3 is 1.60 bits per heavy atom. The molecule has 0 saturated carbocycles. The molecule has 5 nitrogen and oxygen atoms in total. The molecule has 10 rings (SSSR count). The normalized spacial score (nSPS) is 11.4. The summed E-state index contributed by atoms with van der Waals surface area (Å²) in [6.07, 6.45) is 0. The van der Waals surface area contributed by atoms with Crippen LogP contribution in [0.15, 0.2) is 188 Å². The summed E-state index contributed by atoms with van der Waals surface area (Å²) in [4.78, 5) is 20.8. The molecule has 0 atom stereocenters. The molecule has 0 aliphatic heterocycles. The number of imidazole rings is 1. The molecule has 248 valence electrons. The maximum Gasteiger partial charge on any atom is 0.160 e. The van der Waals surface area contributed by atoms with Crippen molar-refractivity contribution < 1.29 is 0 Å². The van der Waals surface area contributed by atoms with Crippen LogP contribution >= 0.6 is 0 Å². The lowest BCUT2D eigenvalue weighted by atomic mass is 9.97. The van der Waals surface area contributed by atoms with Gasteiger partial charge in [0.1, 0.15) is 5.82 Å². The van der Waals surface area contributed by atoms with Gasteiger partial charge in [-0.15, -0.1) is 0 Å². The molecule has 0 aliphatic rings. The van der Waals surface area contributed by atoms with Gasteiger partial charge in [0.15, 0.2) is 5.82 Å². The Morgan fingerprint density at radius 2 is 0.925 bits per heavy atom. The van der Waals surface area contributed by atoms with Gasteiger partial charge in [-0.05, 0) is 35.7 Å². The molecule has 0 bridgehead atoms. The van der Waals surface area contributed by atoms with Gasteiger partial charge in [0.05, 0.1) is 33.6 Å². The van der Waals surface area contributed by atoms with E-state index in [0.29, 0.717) is 5.82 Å². The van der Waals surface area contributed by atoms with Gasteiger partial charge in [-0.1, -0.05) is 158 Å². The van der Waals surface area contributed by atoms with E-state index in [1.165, 1.54) is 0 Å². The van der Waals surface area contributed by atoms with Crippen molar-refractivity contribution in [2.24, 2.45) is 0 Å². The average Bonchev–Trinajstić information content (AvgIpc) is 3.65. The molecule has 3 aromatic heterocycles. The quantitative estimate of drug-likeness (QED) is 0.164. The van der Waals surface area contributed by atoms with E-state index < -0.39 is 0 Å². The fourth-order valence-electron chi connectivity index (χ4n) is 7.28. The van der Waals surface area contributed by atoms with Crippen LogP contribution in [0.3, 0.4) is 0 Å². The molecule has 0 aliphatic carbocycles. The van der Waals surface area contributed by atoms with Crippen LogP contribution in [0.4, 0.5) is 0 Å². The second-order valence-electron chi connectivity index (χ2n) is 13.1. The topological polar surface area (TPSA) is 56.5 Å². The number of benzene rings is 7. The Labute approximate surface area is 306 Å². The molecule has 10 aromatic rings. The van der Waals surface area contributed by atoms with Crippen molar-refractivity contribution in [3.8, 4) is 62.2 Å². The second kappa shape index (κ2) is 12.8. The van der Waals surface area contributed by atoms with E-state index in [-0.39, 0.29) is 0 Å². The summed E-state index contributed by atoms with van der Waals surface area (Å²) >= 11 is 0. The lowest BCUT2D eigenvalue weighted by Crippen LogP contribution is -1.97. The minimum absolute atomic E-state index is 0.693. The Balaban J connectivity index is 1.18. The van der Waals surface area contributed by atoms with Gasteiger partial charge in [-0.2, -0.15) is 0 Å². The first kappa shape index (κ1) is 30.6. The summed E-state index contributed by atoms with van der Waals surface area (Å²) in [5.74, 6) is 1.58. The van der Waals surface area contributed by atoms with E-state index >= 15 is 0 Å². The number of hydrogen-bond acceptors (Lipinski definition) is 4. The van der Waals surface area contributed by atoms with Gasteiger partial charge in [0.25, 0.3) is 0 Å². The van der Waals surface area contributed by atoms with Crippen LogP contribution < -0.4 is 0 Å². The number of hydrogen-bond donors (Lipinski definition) is 0. The number of pyridine rings is 1. The van der Waals surface area contributed by atoms with Crippen molar-refractivity contribution in [1.29, 1.82) is 0 Å². The number of rotatable bonds is 6. The maximum atomic E-state index is 5.43. The number of aromatic nitrogens is 5. The number of fused-ring (bicyclic) bond motifs is 5. The summed E-state index contributed by atoms with van der Waals surface area (Å²) in [6.45, 7) is 0. The molecule has 0 N–H and O–H groups in total. The molecule has 5 heteroatoms. The summed E-state index contributed by atoms with van der Waals surface area (Å²) in [6, 6.07) is 64.8. The molecular formula is C48H31N5. The van der Waals surface area contributed by atoms with Gasteiger partial charge in [-0.3, -0.25) is 4.57 Å². The zero-order chi connectivity index (χ0) is 35.1. The van der Waals surface area contributed by atoms with E-state index in [1.54, 1.807) is 0 Å². The largest absolute Gasteiger partial charge is 0.292 e.